The zero-order chi connectivity index (χ0) is 6.53. The molecule has 0 spiro atoms. The molecule has 0 atom stereocenters. The summed E-state index contributed by atoms with van der Waals surface area (Å²) in [5, 5.41) is 15.0. The molecular formula is C6H14N2O. The second kappa shape index (κ2) is 3.82. The second-order valence-electron chi connectivity index (χ2n) is 2.33. The summed E-state index contributed by atoms with van der Waals surface area (Å²) in [5.74, 6) is 0. The summed E-state index contributed by atoms with van der Waals surface area (Å²) >= 11 is 0. The third-order valence-electron chi connectivity index (χ3n) is 1.56. The van der Waals surface area contributed by atoms with Gasteiger partial charge in [-0.2, -0.15) is 0 Å². The van der Waals surface area contributed by atoms with Crippen molar-refractivity contribution in [2.75, 3.05) is 19.7 Å². The fraction of sp³-hybridized carbons (Fsp3) is 1.00. The monoisotopic (exact) mass is 130 g/mol. The molecule has 1 rings (SSSR count). The molecule has 0 radical (unpaired) electrons. The van der Waals surface area contributed by atoms with E-state index in [0.717, 1.165) is 25.9 Å². The number of aliphatic hydroxyl groups excluding tert-OH is 1. The first-order chi connectivity index (χ1) is 4.43. The van der Waals surface area contributed by atoms with Gasteiger partial charge in [0.25, 0.3) is 0 Å². The molecule has 9 heavy (non-hydrogen) atoms. The van der Waals surface area contributed by atoms with Crippen LogP contribution in [0.1, 0.15) is 12.8 Å². The second-order valence-corrected chi connectivity index (χ2v) is 2.33. The lowest BCUT2D eigenvalue weighted by Gasteiger charge is -2.07. The first-order valence-corrected chi connectivity index (χ1v) is 3.51. The van der Waals surface area contributed by atoms with Crippen molar-refractivity contribution in [3.8, 4) is 0 Å². The highest BCUT2D eigenvalue weighted by atomic mass is 16.2. The van der Waals surface area contributed by atoms with E-state index in [1.165, 1.54) is 0 Å². The van der Waals surface area contributed by atoms with Crippen LogP contribution in [-0.2, 0) is 0 Å². The number of nitrogens with one attached hydrogen (secondary N) is 2. The van der Waals surface area contributed by atoms with E-state index in [2.05, 4.69) is 10.6 Å². The molecule has 0 aromatic heterocycles. The Hall–Kier alpha value is -0.120. The molecule has 3 nitrogen and oxygen atoms in total. The molecule has 1 aliphatic heterocycles. The largest absolute Gasteiger partial charge is 0.396 e. The van der Waals surface area contributed by atoms with Gasteiger partial charge in [-0.05, 0) is 12.8 Å². The van der Waals surface area contributed by atoms with E-state index in [9.17, 15) is 0 Å². The van der Waals surface area contributed by atoms with Crippen LogP contribution < -0.4 is 10.6 Å². The van der Waals surface area contributed by atoms with E-state index < -0.39 is 0 Å². The molecule has 1 saturated heterocycles. The maximum Gasteiger partial charge on any atom is 0.0573 e. The van der Waals surface area contributed by atoms with Crippen LogP contribution >= 0.6 is 0 Å². The smallest absolute Gasteiger partial charge is 0.0573 e. The van der Waals surface area contributed by atoms with E-state index >= 15 is 0 Å². The van der Waals surface area contributed by atoms with E-state index in [0.29, 0.717) is 12.8 Å². The van der Waals surface area contributed by atoms with E-state index in [-0.39, 0.29) is 0 Å². The number of rotatable bonds is 3. The van der Waals surface area contributed by atoms with Crippen molar-refractivity contribution in [3.63, 3.8) is 0 Å². The molecule has 0 amide bonds. The van der Waals surface area contributed by atoms with Crippen LogP contribution in [0, 0.1) is 0 Å². The lowest BCUT2D eigenvalue weighted by molar-refractivity contribution is 0.275. The van der Waals surface area contributed by atoms with Crippen LogP contribution in [-0.4, -0.2) is 31.0 Å². The lowest BCUT2D eigenvalue weighted by atomic mass is 10.3. The molecule has 3 N–H and O–H groups in total. The number of aliphatic hydroxyl groups is 1. The van der Waals surface area contributed by atoms with Gasteiger partial charge in [-0.15, -0.1) is 0 Å². The Labute approximate surface area is 55.5 Å². The van der Waals surface area contributed by atoms with Crippen LogP contribution in [0.4, 0.5) is 0 Å². The van der Waals surface area contributed by atoms with Crippen molar-refractivity contribution in [2.24, 2.45) is 0 Å². The van der Waals surface area contributed by atoms with Gasteiger partial charge in [0.15, 0.2) is 0 Å². The van der Waals surface area contributed by atoms with Gasteiger partial charge in [0.2, 0.25) is 0 Å². The Balaban J connectivity index is 1.98. The molecule has 3 heteroatoms. The van der Waals surface area contributed by atoms with E-state index in [1.807, 2.05) is 0 Å². The maximum atomic E-state index is 8.47. The molecule has 54 valence electrons. The summed E-state index contributed by atoms with van der Waals surface area (Å²) in [6.07, 6.45) is 2.39. The van der Waals surface area contributed by atoms with Crippen molar-refractivity contribution in [3.05, 3.63) is 0 Å². The highest BCUT2D eigenvalue weighted by Gasteiger charge is 2.10. The predicted octanol–water partition coefficient (Wildman–Crippen LogP) is -0.722. The first-order valence-electron chi connectivity index (χ1n) is 3.51. The Morgan fingerprint density at radius 2 is 2.00 bits per heavy atom. The van der Waals surface area contributed by atoms with E-state index in [4.69, 9.17) is 5.11 Å². The van der Waals surface area contributed by atoms with Crippen molar-refractivity contribution in [1.82, 2.24) is 10.6 Å². The van der Waals surface area contributed by atoms with Gasteiger partial charge in [0.1, 0.15) is 0 Å². The normalized spacial score (nSPS) is 21.0. The third kappa shape index (κ3) is 2.30. The molecule has 1 heterocycles. The summed E-state index contributed by atoms with van der Waals surface area (Å²) in [7, 11) is 0. The molecule has 0 saturated carbocycles. The fourth-order valence-electron chi connectivity index (χ4n) is 1.06. The highest BCUT2D eigenvalue weighted by Crippen LogP contribution is 1.95. The van der Waals surface area contributed by atoms with Gasteiger partial charge in [0.05, 0.1) is 6.17 Å². The molecule has 0 aromatic carbocycles. The minimum absolute atomic E-state index is 0.305. The summed E-state index contributed by atoms with van der Waals surface area (Å²) in [6.45, 7) is 2.44. The minimum Gasteiger partial charge on any atom is -0.396 e. The van der Waals surface area contributed by atoms with Crippen LogP contribution in [0.3, 0.4) is 0 Å². The zero-order valence-corrected chi connectivity index (χ0v) is 5.56. The van der Waals surface area contributed by atoms with Gasteiger partial charge < -0.3 is 15.7 Å². The van der Waals surface area contributed by atoms with Gasteiger partial charge in [-0.3, -0.25) is 0 Å². The Bertz CT molecular complexity index is 71.5. The van der Waals surface area contributed by atoms with E-state index in [1.54, 1.807) is 0 Å². The Kier molecular flexibility index (Phi) is 2.97. The topological polar surface area (TPSA) is 44.3 Å². The molecule has 1 aliphatic rings. The van der Waals surface area contributed by atoms with Crippen molar-refractivity contribution in [1.29, 1.82) is 0 Å². The molecule has 0 aromatic rings. The van der Waals surface area contributed by atoms with Crippen molar-refractivity contribution >= 4 is 0 Å². The molecule has 1 fully saturated rings. The summed E-state index contributed by atoms with van der Waals surface area (Å²) in [6, 6.07) is 0. The van der Waals surface area contributed by atoms with Crippen LogP contribution in [0.5, 0.6) is 0 Å². The lowest BCUT2D eigenvalue weighted by Crippen LogP contribution is -2.30. The van der Waals surface area contributed by atoms with Gasteiger partial charge in [-0.1, -0.05) is 0 Å². The SMILES string of the molecule is OCCCC1NCCN1. The summed E-state index contributed by atoms with van der Waals surface area (Å²) < 4.78 is 0. The molecule has 0 bridgehead atoms. The molecule has 0 unspecified atom stereocenters. The Morgan fingerprint density at radius 3 is 2.56 bits per heavy atom. The van der Waals surface area contributed by atoms with Gasteiger partial charge in [-0.25, -0.2) is 0 Å². The first kappa shape index (κ1) is 6.99. The quantitative estimate of drug-likeness (QED) is 0.472. The number of hydrogen-bond acceptors (Lipinski definition) is 3. The maximum absolute atomic E-state index is 8.47. The summed E-state index contributed by atoms with van der Waals surface area (Å²) in [5.41, 5.74) is 0. The zero-order valence-electron chi connectivity index (χ0n) is 5.56. The van der Waals surface area contributed by atoms with Gasteiger partial charge >= 0.3 is 0 Å². The van der Waals surface area contributed by atoms with Crippen LogP contribution in [0.25, 0.3) is 0 Å². The van der Waals surface area contributed by atoms with Crippen molar-refractivity contribution in [2.45, 2.75) is 19.0 Å². The summed E-state index contributed by atoms with van der Waals surface area (Å²) in [4.78, 5) is 0. The number of hydrogen-bond donors (Lipinski definition) is 3. The van der Waals surface area contributed by atoms with Crippen LogP contribution in [0.15, 0.2) is 0 Å². The van der Waals surface area contributed by atoms with Gasteiger partial charge in [0, 0.05) is 19.7 Å². The Morgan fingerprint density at radius 1 is 1.33 bits per heavy atom. The highest BCUT2D eigenvalue weighted by molar-refractivity contribution is 4.71. The predicted molar refractivity (Wildman–Crippen MR) is 36.1 cm³/mol. The average molecular weight is 130 g/mol. The average Bonchev–Trinajstić information content (AvgIpc) is 2.34. The van der Waals surface area contributed by atoms with Crippen LogP contribution in [0.2, 0.25) is 0 Å². The molecular weight excluding hydrogens is 116 g/mol. The fourth-order valence-corrected chi connectivity index (χ4v) is 1.06. The third-order valence-corrected chi connectivity index (χ3v) is 1.56. The standard InChI is InChI=1S/C6H14N2O/c9-5-1-2-6-7-3-4-8-6/h6-9H,1-5H2. The minimum atomic E-state index is 0.305. The van der Waals surface area contributed by atoms with Crippen molar-refractivity contribution < 1.29 is 5.11 Å². The molecule has 0 aliphatic carbocycles.